The van der Waals surface area contributed by atoms with E-state index in [-0.39, 0.29) is 17.9 Å². The fourth-order valence-corrected chi connectivity index (χ4v) is 4.32. The van der Waals surface area contributed by atoms with Gasteiger partial charge in [0.1, 0.15) is 24.8 Å². The van der Waals surface area contributed by atoms with Crippen LogP contribution in [-0.4, -0.2) is 46.3 Å². The van der Waals surface area contributed by atoms with E-state index in [9.17, 15) is 4.79 Å². The molecule has 2 atom stereocenters. The van der Waals surface area contributed by atoms with Gasteiger partial charge in [-0.3, -0.25) is 4.79 Å². The standard InChI is InChI=1S/C23H24N4O4/c1-13(15-9-21(28)24-11-15)31-23-22-18(25-12-27(22)16-3-4-16)10-17(26-23)14-2-5-19-20(8-14)30-7-6-29-19/h2,5,8,10,12-13,15-16H,3-4,6-7,9,11H2,1H3,(H,24,28). The summed E-state index contributed by atoms with van der Waals surface area (Å²) in [6.45, 7) is 3.73. The minimum Gasteiger partial charge on any atom is -0.486 e. The number of hydrogen-bond acceptors (Lipinski definition) is 6. The van der Waals surface area contributed by atoms with Crippen molar-refractivity contribution in [1.29, 1.82) is 0 Å². The number of ether oxygens (including phenoxy) is 3. The van der Waals surface area contributed by atoms with Crippen molar-refractivity contribution in [2.45, 2.75) is 38.3 Å². The Morgan fingerprint density at radius 2 is 2.03 bits per heavy atom. The van der Waals surface area contributed by atoms with Crippen molar-refractivity contribution in [3.05, 3.63) is 30.6 Å². The topological polar surface area (TPSA) is 87.5 Å². The Bertz CT molecular complexity index is 1170. The smallest absolute Gasteiger partial charge is 0.241 e. The maximum atomic E-state index is 11.7. The number of carbonyl (C=O) groups excluding carboxylic acids is 1. The number of benzene rings is 1. The first-order valence-electron chi connectivity index (χ1n) is 10.9. The Morgan fingerprint density at radius 3 is 2.81 bits per heavy atom. The molecule has 3 aliphatic rings. The van der Waals surface area contributed by atoms with Crippen LogP contribution in [0.4, 0.5) is 0 Å². The first-order chi connectivity index (χ1) is 15.2. The lowest BCUT2D eigenvalue weighted by Crippen LogP contribution is -2.26. The molecule has 4 heterocycles. The van der Waals surface area contributed by atoms with Gasteiger partial charge in [0.25, 0.3) is 0 Å². The van der Waals surface area contributed by atoms with Gasteiger partial charge < -0.3 is 24.1 Å². The Morgan fingerprint density at radius 1 is 1.19 bits per heavy atom. The number of nitrogens with one attached hydrogen (secondary N) is 1. The second kappa shape index (κ2) is 7.14. The molecule has 1 N–H and O–H groups in total. The van der Waals surface area contributed by atoms with Crippen LogP contribution in [0.25, 0.3) is 22.3 Å². The van der Waals surface area contributed by atoms with Crippen molar-refractivity contribution in [1.82, 2.24) is 19.9 Å². The Balaban J connectivity index is 1.41. The van der Waals surface area contributed by atoms with Crippen molar-refractivity contribution >= 4 is 16.9 Å². The molecule has 8 nitrogen and oxygen atoms in total. The lowest BCUT2D eigenvalue weighted by molar-refractivity contribution is -0.119. The highest BCUT2D eigenvalue weighted by molar-refractivity contribution is 5.85. The van der Waals surface area contributed by atoms with E-state index in [1.165, 1.54) is 0 Å². The molecule has 2 fully saturated rings. The van der Waals surface area contributed by atoms with Gasteiger partial charge in [-0.05, 0) is 44.0 Å². The predicted octanol–water partition coefficient (Wildman–Crippen LogP) is 3.11. The molecule has 2 unspecified atom stereocenters. The van der Waals surface area contributed by atoms with Gasteiger partial charge in [0, 0.05) is 30.5 Å². The van der Waals surface area contributed by atoms with Crippen LogP contribution in [0.3, 0.4) is 0 Å². The summed E-state index contributed by atoms with van der Waals surface area (Å²) in [4.78, 5) is 21.2. The van der Waals surface area contributed by atoms with E-state index in [0.29, 0.717) is 38.1 Å². The molecular formula is C23H24N4O4. The van der Waals surface area contributed by atoms with Gasteiger partial charge in [-0.25, -0.2) is 9.97 Å². The molecule has 3 aromatic rings. The third-order valence-corrected chi connectivity index (χ3v) is 6.27. The van der Waals surface area contributed by atoms with Crippen LogP contribution in [0.15, 0.2) is 30.6 Å². The van der Waals surface area contributed by atoms with Gasteiger partial charge >= 0.3 is 0 Å². The Hall–Kier alpha value is -3.29. The number of rotatable bonds is 5. The Kier molecular flexibility index (Phi) is 4.26. The maximum absolute atomic E-state index is 11.7. The van der Waals surface area contributed by atoms with E-state index >= 15 is 0 Å². The highest BCUT2D eigenvalue weighted by atomic mass is 16.6. The third kappa shape index (κ3) is 3.36. The molecule has 0 radical (unpaired) electrons. The molecular weight excluding hydrogens is 396 g/mol. The van der Waals surface area contributed by atoms with E-state index < -0.39 is 0 Å². The summed E-state index contributed by atoms with van der Waals surface area (Å²) in [6, 6.07) is 8.30. The zero-order chi connectivity index (χ0) is 20.9. The molecule has 6 rings (SSSR count). The fraction of sp³-hybridized carbons (Fsp3) is 0.435. The summed E-state index contributed by atoms with van der Waals surface area (Å²) in [5, 5.41) is 2.89. The van der Waals surface area contributed by atoms with Crippen LogP contribution in [0, 0.1) is 5.92 Å². The second-order valence-electron chi connectivity index (χ2n) is 8.51. The Labute approximate surface area is 179 Å². The summed E-state index contributed by atoms with van der Waals surface area (Å²) < 4.78 is 20.0. The van der Waals surface area contributed by atoms with E-state index in [1.807, 2.05) is 37.5 Å². The first kappa shape index (κ1) is 18.5. The van der Waals surface area contributed by atoms with Gasteiger partial charge in [-0.1, -0.05) is 0 Å². The normalized spacial score (nSPS) is 21.2. The zero-order valence-corrected chi connectivity index (χ0v) is 17.3. The molecule has 1 aromatic carbocycles. The van der Waals surface area contributed by atoms with Gasteiger partial charge in [-0.15, -0.1) is 0 Å². The molecule has 1 amide bonds. The maximum Gasteiger partial charge on any atom is 0.241 e. The molecule has 8 heteroatoms. The van der Waals surface area contributed by atoms with E-state index in [0.717, 1.165) is 46.6 Å². The first-order valence-corrected chi connectivity index (χ1v) is 10.9. The van der Waals surface area contributed by atoms with E-state index in [4.69, 9.17) is 19.2 Å². The van der Waals surface area contributed by atoms with Gasteiger partial charge in [0.2, 0.25) is 11.8 Å². The highest BCUT2D eigenvalue weighted by Crippen LogP contribution is 2.41. The minimum absolute atomic E-state index is 0.0756. The van der Waals surface area contributed by atoms with Crippen LogP contribution >= 0.6 is 0 Å². The molecule has 2 aliphatic heterocycles. The number of fused-ring (bicyclic) bond motifs is 2. The molecule has 1 aliphatic carbocycles. The van der Waals surface area contributed by atoms with Crippen molar-refractivity contribution < 1.29 is 19.0 Å². The molecule has 2 aromatic heterocycles. The fourth-order valence-electron chi connectivity index (χ4n) is 4.32. The van der Waals surface area contributed by atoms with Crippen LogP contribution < -0.4 is 19.5 Å². The van der Waals surface area contributed by atoms with Crippen LogP contribution in [-0.2, 0) is 4.79 Å². The lowest BCUT2D eigenvalue weighted by Gasteiger charge is -2.21. The SMILES string of the molecule is CC(Oc1nc(-c2ccc3c(c2)OCCO3)cc2ncn(C3CC3)c12)C1CNC(=O)C1. The lowest BCUT2D eigenvalue weighted by atomic mass is 10.0. The number of amides is 1. The molecule has 0 bridgehead atoms. The van der Waals surface area contributed by atoms with Gasteiger partial charge in [0.05, 0.1) is 17.5 Å². The largest absolute Gasteiger partial charge is 0.486 e. The van der Waals surface area contributed by atoms with E-state index in [2.05, 4.69) is 14.9 Å². The molecule has 0 spiro atoms. The molecule has 1 saturated carbocycles. The van der Waals surface area contributed by atoms with Gasteiger partial charge in [-0.2, -0.15) is 0 Å². The summed E-state index contributed by atoms with van der Waals surface area (Å²) in [7, 11) is 0. The number of pyridine rings is 1. The summed E-state index contributed by atoms with van der Waals surface area (Å²) in [5.74, 6) is 2.24. The zero-order valence-electron chi connectivity index (χ0n) is 17.3. The minimum atomic E-state index is -0.146. The second-order valence-corrected chi connectivity index (χ2v) is 8.51. The predicted molar refractivity (Wildman–Crippen MR) is 113 cm³/mol. The van der Waals surface area contributed by atoms with Crippen LogP contribution in [0.5, 0.6) is 17.4 Å². The highest BCUT2D eigenvalue weighted by Gasteiger charge is 2.31. The van der Waals surface area contributed by atoms with Gasteiger partial charge in [0.15, 0.2) is 11.5 Å². The number of nitrogens with zero attached hydrogens (tertiary/aromatic N) is 3. The van der Waals surface area contributed by atoms with E-state index in [1.54, 1.807) is 0 Å². The monoisotopic (exact) mass is 420 g/mol. The van der Waals surface area contributed by atoms with Crippen molar-refractivity contribution in [2.24, 2.45) is 5.92 Å². The molecule has 1 saturated heterocycles. The molecule has 160 valence electrons. The number of carbonyl (C=O) groups is 1. The number of aromatic nitrogens is 3. The molecule has 31 heavy (non-hydrogen) atoms. The van der Waals surface area contributed by atoms with Crippen LogP contribution in [0.1, 0.15) is 32.2 Å². The summed E-state index contributed by atoms with van der Waals surface area (Å²) >= 11 is 0. The van der Waals surface area contributed by atoms with Crippen molar-refractivity contribution in [3.8, 4) is 28.6 Å². The quantitative estimate of drug-likeness (QED) is 0.683. The average Bonchev–Trinajstić information content (AvgIpc) is 3.39. The number of hydrogen-bond donors (Lipinski definition) is 1. The van der Waals surface area contributed by atoms with Crippen LogP contribution in [0.2, 0.25) is 0 Å². The third-order valence-electron chi connectivity index (χ3n) is 6.27. The number of imidazole rings is 1. The van der Waals surface area contributed by atoms with Crippen molar-refractivity contribution in [3.63, 3.8) is 0 Å². The summed E-state index contributed by atoms with van der Waals surface area (Å²) in [5.41, 5.74) is 3.47. The average molecular weight is 420 g/mol. The van der Waals surface area contributed by atoms with Crippen molar-refractivity contribution in [2.75, 3.05) is 19.8 Å². The summed E-state index contributed by atoms with van der Waals surface area (Å²) in [6.07, 6.45) is 4.51.